The van der Waals surface area contributed by atoms with E-state index in [0.29, 0.717) is 18.4 Å². The van der Waals surface area contributed by atoms with Crippen molar-refractivity contribution >= 4 is 17.7 Å². The lowest BCUT2D eigenvalue weighted by Gasteiger charge is -2.49. The molecule has 3 rings (SSSR count). The Balaban J connectivity index is 2.27. The number of carbonyl (C=O) groups excluding carboxylic acids is 3. The first-order valence-electron chi connectivity index (χ1n) is 10.8. The van der Waals surface area contributed by atoms with Gasteiger partial charge >= 0.3 is 11.9 Å². The van der Waals surface area contributed by atoms with E-state index in [4.69, 9.17) is 9.47 Å². The molecular weight excluding hydrogens is 432 g/mol. The van der Waals surface area contributed by atoms with Crippen LogP contribution in [0.4, 0.5) is 0 Å². The third-order valence-corrected chi connectivity index (χ3v) is 6.78. The van der Waals surface area contributed by atoms with E-state index in [0.717, 1.165) is 20.3 Å². The van der Waals surface area contributed by atoms with Crippen LogP contribution in [0.15, 0.2) is 11.3 Å². The van der Waals surface area contributed by atoms with E-state index >= 15 is 0 Å². The number of aliphatic hydroxyl groups is 1. The Morgan fingerprint density at radius 2 is 1.45 bits per heavy atom. The fourth-order valence-corrected chi connectivity index (χ4v) is 5.47. The Morgan fingerprint density at radius 1 is 0.909 bits per heavy atom. The number of phenols is 3. The van der Waals surface area contributed by atoms with Crippen LogP contribution in [0.3, 0.4) is 0 Å². The number of carbonyl (C=O) groups is 3. The number of hydrogen-bond donors (Lipinski definition) is 4. The molecule has 0 saturated heterocycles. The van der Waals surface area contributed by atoms with Gasteiger partial charge < -0.3 is 29.9 Å². The van der Waals surface area contributed by atoms with Crippen LogP contribution in [-0.4, -0.2) is 51.4 Å². The fourth-order valence-electron chi connectivity index (χ4n) is 5.47. The minimum Gasteiger partial charge on any atom is -0.507 e. The number of benzene rings is 1. The Hall–Kier alpha value is -3.23. The van der Waals surface area contributed by atoms with Gasteiger partial charge in [0.2, 0.25) is 5.78 Å². The number of allylic oxidation sites excluding steroid dienone is 2. The van der Waals surface area contributed by atoms with Crippen molar-refractivity contribution in [2.24, 2.45) is 5.41 Å². The van der Waals surface area contributed by atoms with E-state index < -0.39 is 70.7 Å². The van der Waals surface area contributed by atoms with Gasteiger partial charge in [0, 0.05) is 24.8 Å². The van der Waals surface area contributed by atoms with E-state index in [-0.39, 0.29) is 16.7 Å². The van der Waals surface area contributed by atoms with Gasteiger partial charge in [0.1, 0.15) is 19.0 Å². The van der Waals surface area contributed by atoms with Crippen LogP contribution >= 0.6 is 0 Å². The normalized spacial score (nSPS) is 21.5. The van der Waals surface area contributed by atoms with Gasteiger partial charge in [-0.2, -0.15) is 0 Å². The first kappa shape index (κ1) is 24.4. The lowest BCUT2D eigenvalue weighted by Crippen LogP contribution is -2.43. The van der Waals surface area contributed by atoms with Gasteiger partial charge in [-0.15, -0.1) is 0 Å². The third kappa shape index (κ3) is 3.89. The zero-order chi connectivity index (χ0) is 24.9. The molecule has 4 N–H and O–H groups in total. The van der Waals surface area contributed by atoms with E-state index in [1.807, 2.05) is 13.8 Å². The number of ketones is 1. The standard InChI is InChI=1S/C24H30O9/c1-11(25)32-9-13(10-33-12(2)26)14-17(27)15-16(20(30)18(14)28)24(5)8-6-7-23(3,4)22(24)21(31)19(15)29/h13,27-28,30-31H,6-10H2,1-5H3/t24-/m0/s1. The summed E-state index contributed by atoms with van der Waals surface area (Å²) < 4.78 is 9.98. The second-order valence-corrected chi connectivity index (χ2v) is 9.63. The third-order valence-electron chi connectivity index (χ3n) is 6.78. The number of rotatable bonds is 5. The van der Waals surface area contributed by atoms with E-state index in [2.05, 4.69) is 0 Å². The molecule has 2 aliphatic rings. The fraction of sp³-hybridized carbons (Fsp3) is 0.542. The summed E-state index contributed by atoms with van der Waals surface area (Å²) >= 11 is 0. The van der Waals surface area contributed by atoms with Crippen LogP contribution in [0.5, 0.6) is 17.2 Å². The first-order chi connectivity index (χ1) is 15.2. The molecule has 1 saturated carbocycles. The number of hydrogen-bond acceptors (Lipinski definition) is 9. The predicted octanol–water partition coefficient (Wildman–Crippen LogP) is 3.49. The number of ether oxygens (including phenoxy) is 2. The van der Waals surface area contributed by atoms with Gasteiger partial charge in [0.05, 0.1) is 17.0 Å². The highest BCUT2D eigenvalue weighted by atomic mass is 16.5. The minimum atomic E-state index is -1.08. The smallest absolute Gasteiger partial charge is 0.302 e. The SMILES string of the molecule is CC(=O)OCC(COC(C)=O)c1c(O)c(O)c2c(c1O)C(=O)C(O)=C1C(C)(C)CCC[C@]12C. The van der Waals surface area contributed by atoms with Crippen LogP contribution in [-0.2, 0) is 24.5 Å². The Morgan fingerprint density at radius 3 is 1.97 bits per heavy atom. The maximum absolute atomic E-state index is 13.3. The molecule has 0 spiro atoms. The highest BCUT2D eigenvalue weighted by Crippen LogP contribution is 2.61. The lowest BCUT2D eigenvalue weighted by molar-refractivity contribution is -0.144. The monoisotopic (exact) mass is 462 g/mol. The molecule has 0 amide bonds. The van der Waals surface area contributed by atoms with E-state index in [1.165, 1.54) is 0 Å². The molecule has 0 aromatic heterocycles. The van der Waals surface area contributed by atoms with Crippen molar-refractivity contribution in [2.75, 3.05) is 13.2 Å². The van der Waals surface area contributed by atoms with E-state index in [9.17, 15) is 34.8 Å². The maximum Gasteiger partial charge on any atom is 0.302 e. The molecule has 33 heavy (non-hydrogen) atoms. The molecule has 0 aliphatic heterocycles. The highest BCUT2D eigenvalue weighted by Gasteiger charge is 2.53. The van der Waals surface area contributed by atoms with Crippen LogP contribution in [0.2, 0.25) is 0 Å². The molecule has 1 fully saturated rings. The summed E-state index contributed by atoms with van der Waals surface area (Å²) in [5.41, 5.74) is -1.68. The zero-order valence-corrected chi connectivity index (χ0v) is 19.4. The number of Topliss-reactive ketones (excluding diaryl/α,β-unsaturated/α-hetero) is 1. The summed E-state index contributed by atoms with van der Waals surface area (Å²) in [5.74, 6) is -5.71. The molecule has 1 aromatic rings. The van der Waals surface area contributed by atoms with Gasteiger partial charge in [-0.25, -0.2) is 0 Å². The van der Waals surface area contributed by atoms with Gasteiger partial charge in [-0.3, -0.25) is 14.4 Å². The summed E-state index contributed by atoms with van der Waals surface area (Å²) in [6.45, 7) is 7.08. The van der Waals surface area contributed by atoms with Crippen molar-refractivity contribution in [2.45, 2.75) is 65.2 Å². The first-order valence-corrected chi connectivity index (χ1v) is 10.8. The van der Waals surface area contributed by atoms with Crippen molar-refractivity contribution in [1.82, 2.24) is 0 Å². The van der Waals surface area contributed by atoms with Crippen LogP contribution in [0.1, 0.15) is 81.3 Å². The van der Waals surface area contributed by atoms with Crippen molar-refractivity contribution in [3.63, 3.8) is 0 Å². The van der Waals surface area contributed by atoms with Crippen molar-refractivity contribution in [3.05, 3.63) is 28.0 Å². The molecule has 1 atom stereocenters. The zero-order valence-electron chi connectivity index (χ0n) is 19.4. The van der Waals surface area contributed by atoms with Crippen molar-refractivity contribution in [3.8, 4) is 17.2 Å². The van der Waals surface area contributed by atoms with Crippen molar-refractivity contribution in [1.29, 1.82) is 0 Å². The van der Waals surface area contributed by atoms with Crippen LogP contribution in [0.25, 0.3) is 0 Å². The molecular formula is C24H30O9. The van der Waals surface area contributed by atoms with Gasteiger partial charge in [-0.05, 0) is 23.8 Å². The Labute approximate surface area is 191 Å². The second kappa shape index (κ2) is 8.28. The molecule has 9 heteroatoms. The molecule has 0 heterocycles. The molecule has 1 aromatic carbocycles. The molecule has 0 unspecified atom stereocenters. The topological polar surface area (TPSA) is 151 Å². The summed E-state index contributed by atoms with van der Waals surface area (Å²) in [5, 5.41) is 44.1. The quantitative estimate of drug-likeness (QED) is 0.293. The number of esters is 2. The highest BCUT2D eigenvalue weighted by molar-refractivity contribution is 6.13. The Bertz CT molecular complexity index is 1050. The van der Waals surface area contributed by atoms with Gasteiger partial charge in [0.15, 0.2) is 17.3 Å². The number of fused-ring (bicyclic) bond motifs is 3. The van der Waals surface area contributed by atoms with E-state index in [1.54, 1.807) is 6.92 Å². The van der Waals surface area contributed by atoms with Gasteiger partial charge in [0.25, 0.3) is 0 Å². The summed E-state index contributed by atoms with van der Waals surface area (Å²) in [6.07, 6.45) is 1.93. The maximum atomic E-state index is 13.3. The largest absolute Gasteiger partial charge is 0.507 e. The predicted molar refractivity (Wildman–Crippen MR) is 116 cm³/mol. The Kier molecular flexibility index (Phi) is 6.12. The minimum absolute atomic E-state index is 0.0468. The summed E-state index contributed by atoms with van der Waals surface area (Å²) in [7, 11) is 0. The number of aromatic hydroxyl groups is 3. The second-order valence-electron chi connectivity index (χ2n) is 9.63. The average molecular weight is 462 g/mol. The molecule has 9 nitrogen and oxygen atoms in total. The van der Waals surface area contributed by atoms with Crippen molar-refractivity contribution < 1.29 is 44.3 Å². The molecule has 2 aliphatic carbocycles. The summed E-state index contributed by atoms with van der Waals surface area (Å²) in [6, 6.07) is 0. The van der Waals surface area contributed by atoms with Gasteiger partial charge in [-0.1, -0.05) is 27.2 Å². The molecule has 0 radical (unpaired) electrons. The molecule has 0 bridgehead atoms. The summed E-state index contributed by atoms with van der Waals surface area (Å²) in [4.78, 5) is 36.0. The van der Waals surface area contributed by atoms with Crippen LogP contribution < -0.4 is 0 Å². The average Bonchev–Trinajstić information content (AvgIpc) is 2.69. The van der Waals surface area contributed by atoms with Crippen LogP contribution in [0, 0.1) is 5.41 Å². The number of phenolic OH excluding ortho intramolecular Hbond substituents is 3. The molecule has 180 valence electrons. The number of aliphatic hydroxyl groups excluding tert-OH is 1. The lowest BCUT2D eigenvalue weighted by atomic mass is 9.54.